The molecule has 1 atom stereocenters. The number of ether oxygens (including phenoxy) is 2. The lowest BCUT2D eigenvalue weighted by Crippen LogP contribution is -2.35. The second-order valence-corrected chi connectivity index (χ2v) is 7.44. The van der Waals surface area contributed by atoms with Gasteiger partial charge in [0.1, 0.15) is 18.7 Å². The molecule has 0 aliphatic heterocycles. The number of carbonyl (C=O) groups excluding carboxylic acids is 2. The van der Waals surface area contributed by atoms with Gasteiger partial charge in [-0.05, 0) is 32.9 Å². The van der Waals surface area contributed by atoms with E-state index in [0.717, 1.165) is 8.87 Å². The third-order valence-electron chi connectivity index (χ3n) is 3.34. The minimum Gasteiger partial charge on any atom is -0.468 e. The molecule has 1 aromatic carbocycles. The molecule has 0 aliphatic rings. The normalized spacial score (nSPS) is 12.6. The van der Waals surface area contributed by atoms with Crippen LogP contribution in [0, 0.1) is 0 Å². The summed E-state index contributed by atoms with van der Waals surface area (Å²) in [6, 6.07) is 4.18. The van der Waals surface area contributed by atoms with Gasteiger partial charge in [-0.1, -0.05) is 0 Å². The fourth-order valence-corrected chi connectivity index (χ4v) is 2.79. The summed E-state index contributed by atoms with van der Waals surface area (Å²) >= 11 is -2.52. The summed E-state index contributed by atoms with van der Waals surface area (Å²) in [7, 11) is 1.19. The van der Waals surface area contributed by atoms with Crippen molar-refractivity contribution in [3.05, 3.63) is 28.7 Å². The van der Waals surface area contributed by atoms with Crippen LogP contribution in [-0.4, -0.2) is 44.5 Å². The van der Waals surface area contributed by atoms with Gasteiger partial charge in [-0.15, -0.1) is 0 Å². The number of fused-ring (bicyclic) bond motifs is 1. The van der Waals surface area contributed by atoms with Gasteiger partial charge in [-0.2, -0.15) is 0 Å². The fraction of sp³-hybridized carbons (Fsp3) is 0.438. The molecule has 1 heterocycles. The highest BCUT2D eigenvalue weighted by molar-refractivity contribution is 7.80. The van der Waals surface area contributed by atoms with Gasteiger partial charge in [-0.3, -0.25) is 23.0 Å². The Morgan fingerprint density at radius 1 is 1.30 bits per heavy atom. The van der Waals surface area contributed by atoms with E-state index in [0.29, 0.717) is 5.52 Å². The van der Waals surface area contributed by atoms with Gasteiger partial charge in [0.2, 0.25) is 0 Å². The zero-order chi connectivity index (χ0) is 20.4. The van der Waals surface area contributed by atoms with E-state index in [9.17, 15) is 23.1 Å². The van der Waals surface area contributed by atoms with Crippen molar-refractivity contribution < 1.29 is 32.2 Å². The zero-order valence-corrected chi connectivity index (χ0v) is 16.1. The molecular formula is C16H20N2O8S. The van der Waals surface area contributed by atoms with Crippen molar-refractivity contribution in [3.63, 3.8) is 0 Å². The third-order valence-corrected chi connectivity index (χ3v) is 4.05. The summed E-state index contributed by atoms with van der Waals surface area (Å²) in [4.78, 5) is 35.3. The number of carbonyl (C=O) groups is 2. The van der Waals surface area contributed by atoms with Gasteiger partial charge in [-0.25, -0.2) is 9.00 Å². The van der Waals surface area contributed by atoms with Crippen molar-refractivity contribution in [1.29, 1.82) is 0 Å². The molecule has 1 aromatic heterocycles. The summed E-state index contributed by atoms with van der Waals surface area (Å²) in [6.07, 6.45) is 0. The Balaban J connectivity index is 2.35. The predicted molar refractivity (Wildman–Crippen MR) is 96.5 cm³/mol. The average molecular weight is 400 g/mol. The number of nitrogens with zero attached hydrogens (tertiary/aromatic N) is 2. The Kier molecular flexibility index (Phi) is 6.06. The molecule has 1 unspecified atom stereocenters. The number of oxazole rings is 1. The third kappa shape index (κ3) is 5.17. The van der Waals surface area contributed by atoms with Crippen LogP contribution in [0.15, 0.2) is 27.4 Å². The molecule has 0 radical (unpaired) electrons. The number of aromatic nitrogens is 1. The van der Waals surface area contributed by atoms with Crippen molar-refractivity contribution >= 4 is 40.0 Å². The number of rotatable bonds is 6. The van der Waals surface area contributed by atoms with E-state index in [1.807, 2.05) is 0 Å². The number of anilines is 1. The minimum atomic E-state index is -2.52. The molecule has 1 N–H and O–H groups in total. The summed E-state index contributed by atoms with van der Waals surface area (Å²) in [6.45, 7) is 4.20. The molecule has 0 aliphatic carbocycles. The van der Waals surface area contributed by atoms with Gasteiger partial charge in [0.05, 0.1) is 18.3 Å². The topological polar surface area (TPSA) is 128 Å². The highest BCUT2D eigenvalue weighted by atomic mass is 32.2. The van der Waals surface area contributed by atoms with Crippen LogP contribution in [0.1, 0.15) is 20.8 Å². The zero-order valence-electron chi connectivity index (χ0n) is 15.3. The highest BCUT2D eigenvalue weighted by Gasteiger charge is 2.23. The van der Waals surface area contributed by atoms with Crippen molar-refractivity contribution in [2.24, 2.45) is 0 Å². The van der Waals surface area contributed by atoms with Crippen LogP contribution >= 0.6 is 0 Å². The molecule has 0 spiro atoms. The van der Waals surface area contributed by atoms with Crippen molar-refractivity contribution in [1.82, 2.24) is 4.57 Å². The Bertz CT molecular complexity index is 940. The number of hydrogen-bond donors (Lipinski definition) is 1. The molecule has 27 heavy (non-hydrogen) atoms. The van der Waals surface area contributed by atoms with Gasteiger partial charge >= 0.3 is 17.7 Å². The first-order valence-corrected chi connectivity index (χ1v) is 8.89. The van der Waals surface area contributed by atoms with Crippen LogP contribution in [0.2, 0.25) is 0 Å². The van der Waals surface area contributed by atoms with Crippen molar-refractivity contribution in [2.45, 2.75) is 32.9 Å². The van der Waals surface area contributed by atoms with Gasteiger partial charge < -0.3 is 13.9 Å². The van der Waals surface area contributed by atoms with E-state index in [-0.39, 0.29) is 17.8 Å². The lowest BCUT2D eigenvalue weighted by Gasteiger charge is -2.23. The second-order valence-electron chi connectivity index (χ2n) is 6.54. The van der Waals surface area contributed by atoms with E-state index >= 15 is 0 Å². The smallest absolute Gasteiger partial charge is 0.420 e. The predicted octanol–water partition coefficient (Wildman–Crippen LogP) is 1.05. The summed E-state index contributed by atoms with van der Waals surface area (Å²) in [5, 5.41) is 0. The maximum atomic E-state index is 12.0. The van der Waals surface area contributed by atoms with Crippen molar-refractivity contribution in [3.8, 4) is 0 Å². The fourth-order valence-electron chi connectivity index (χ4n) is 2.28. The lowest BCUT2D eigenvalue weighted by atomic mass is 10.2. The summed E-state index contributed by atoms with van der Waals surface area (Å²) < 4.78 is 37.9. The first-order valence-electron chi connectivity index (χ1n) is 7.82. The Hall–Kier alpha value is -2.66. The van der Waals surface area contributed by atoms with Crippen LogP contribution in [0.25, 0.3) is 11.1 Å². The van der Waals surface area contributed by atoms with Crippen LogP contribution in [0.5, 0.6) is 0 Å². The van der Waals surface area contributed by atoms with Crippen LogP contribution < -0.4 is 10.1 Å². The largest absolute Gasteiger partial charge is 0.468 e. The number of methoxy groups -OCH3 is 1. The van der Waals surface area contributed by atoms with E-state index < -0.39 is 41.1 Å². The van der Waals surface area contributed by atoms with Crippen LogP contribution in [-0.2, 0) is 36.9 Å². The molecular weight excluding hydrogens is 380 g/mol. The Morgan fingerprint density at radius 3 is 2.52 bits per heavy atom. The SMILES string of the molecule is COC(=O)Cn1c(=O)oc2cc(N(CC(=O)OC(C)(C)C)S(=O)O)ccc21. The molecule has 0 bridgehead atoms. The molecule has 0 amide bonds. The van der Waals surface area contributed by atoms with E-state index in [4.69, 9.17) is 9.15 Å². The Morgan fingerprint density at radius 2 is 1.96 bits per heavy atom. The van der Waals surface area contributed by atoms with Crippen LogP contribution in [0.3, 0.4) is 0 Å². The molecule has 2 rings (SSSR count). The molecule has 0 saturated carbocycles. The number of benzene rings is 1. The number of hydrogen-bond acceptors (Lipinski definition) is 7. The number of esters is 2. The highest BCUT2D eigenvalue weighted by Crippen LogP contribution is 2.23. The maximum Gasteiger partial charge on any atom is 0.420 e. The standard InChI is InChI=1S/C16H20N2O8S/c1-16(2,3)26-14(20)9-18(27(22)23)10-5-6-11-12(7-10)25-15(21)17(11)8-13(19)24-4/h5-7H,8-9H2,1-4H3,(H,22,23). The van der Waals surface area contributed by atoms with Gasteiger partial charge in [0.15, 0.2) is 5.58 Å². The lowest BCUT2D eigenvalue weighted by molar-refractivity contribution is -0.152. The molecule has 148 valence electrons. The molecule has 0 saturated heterocycles. The molecule has 0 fully saturated rings. The second kappa shape index (κ2) is 7.92. The average Bonchev–Trinajstić information content (AvgIpc) is 2.85. The summed E-state index contributed by atoms with van der Waals surface area (Å²) in [5.74, 6) is -2.11. The summed E-state index contributed by atoms with van der Waals surface area (Å²) in [5.41, 5.74) is -0.203. The van der Waals surface area contributed by atoms with Gasteiger partial charge in [0.25, 0.3) is 11.3 Å². The Labute approximate surface area is 157 Å². The first kappa shape index (κ1) is 20.6. The van der Waals surface area contributed by atoms with Crippen LogP contribution in [0.4, 0.5) is 5.69 Å². The van der Waals surface area contributed by atoms with E-state index in [1.54, 1.807) is 20.8 Å². The maximum absolute atomic E-state index is 12.0. The minimum absolute atomic E-state index is 0.0843. The quantitative estimate of drug-likeness (QED) is 0.563. The van der Waals surface area contributed by atoms with E-state index in [2.05, 4.69) is 4.74 Å². The first-order chi connectivity index (χ1) is 12.5. The molecule has 2 aromatic rings. The monoisotopic (exact) mass is 400 g/mol. The molecule has 11 heteroatoms. The van der Waals surface area contributed by atoms with E-state index in [1.165, 1.54) is 25.3 Å². The molecule has 10 nitrogen and oxygen atoms in total. The van der Waals surface area contributed by atoms with Crippen molar-refractivity contribution in [2.75, 3.05) is 18.0 Å². The van der Waals surface area contributed by atoms with Gasteiger partial charge in [0, 0.05) is 6.07 Å².